The lowest BCUT2D eigenvalue weighted by Crippen LogP contribution is -2.22. The molecule has 0 saturated carbocycles. The van der Waals surface area contributed by atoms with Crippen molar-refractivity contribution in [3.8, 4) is 6.07 Å². The second-order valence-corrected chi connectivity index (χ2v) is 5.84. The lowest BCUT2D eigenvalue weighted by molar-refractivity contribution is 0.199. The van der Waals surface area contributed by atoms with Crippen molar-refractivity contribution in [2.75, 3.05) is 11.9 Å². The van der Waals surface area contributed by atoms with Gasteiger partial charge in [0, 0.05) is 23.2 Å². The van der Waals surface area contributed by atoms with Crippen LogP contribution >= 0.6 is 11.3 Å². The predicted octanol–water partition coefficient (Wildman–Crippen LogP) is 3.87. The van der Waals surface area contributed by atoms with Gasteiger partial charge in [0.2, 0.25) is 0 Å². The minimum Gasteiger partial charge on any atom is -0.389 e. The SMILES string of the molecule is CC(O)c1ccc(C#N)cc1N(C)C(C)c1cccs1. The molecule has 2 atom stereocenters. The Morgan fingerprint density at radius 3 is 2.60 bits per heavy atom. The molecule has 1 N–H and O–H groups in total. The number of nitrogens with zero attached hydrogens (tertiary/aromatic N) is 2. The Kier molecular flexibility index (Phi) is 4.43. The van der Waals surface area contributed by atoms with Gasteiger partial charge in [-0.1, -0.05) is 12.1 Å². The van der Waals surface area contributed by atoms with Crippen LogP contribution in [0.1, 0.15) is 42.0 Å². The van der Waals surface area contributed by atoms with E-state index < -0.39 is 6.10 Å². The molecule has 2 unspecified atom stereocenters. The van der Waals surface area contributed by atoms with E-state index in [-0.39, 0.29) is 6.04 Å². The number of thiophene rings is 1. The van der Waals surface area contributed by atoms with E-state index in [1.807, 2.05) is 25.2 Å². The third-order valence-electron chi connectivity index (χ3n) is 3.53. The molecular weight excluding hydrogens is 268 g/mol. The van der Waals surface area contributed by atoms with Crippen molar-refractivity contribution < 1.29 is 5.11 Å². The van der Waals surface area contributed by atoms with Crippen molar-refractivity contribution in [3.05, 3.63) is 51.7 Å². The lowest BCUT2D eigenvalue weighted by Gasteiger charge is -2.29. The smallest absolute Gasteiger partial charge is 0.0992 e. The minimum atomic E-state index is -0.560. The molecule has 20 heavy (non-hydrogen) atoms. The highest BCUT2D eigenvalue weighted by Gasteiger charge is 2.18. The van der Waals surface area contributed by atoms with E-state index in [0.29, 0.717) is 5.56 Å². The zero-order valence-corrected chi connectivity index (χ0v) is 12.7. The van der Waals surface area contributed by atoms with Crippen molar-refractivity contribution in [3.63, 3.8) is 0 Å². The molecule has 0 spiro atoms. The van der Waals surface area contributed by atoms with Crippen LogP contribution in [0.5, 0.6) is 0 Å². The molecule has 1 aromatic heterocycles. The Hall–Kier alpha value is -1.83. The average Bonchev–Trinajstić information content (AvgIpc) is 2.99. The van der Waals surface area contributed by atoms with Crippen LogP contribution in [0.15, 0.2) is 35.7 Å². The summed E-state index contributed by atoms with van der Waals surface area (Å²) < 4.78 is 0. The van der Waals surface area contributed by atoms with Gasteiger partial charge < -0.3 is 10.0 Å². The fourth-order valence-electron chi connectivity index (χ4n) is 2.20. The van der Waals surface area contributed by atoms with Crippen LogP contribution < -0.4 is 4.90 Å². The molecule has 0 fully saturated rings. The van der Waals surface area contributed by atoms with Gasteiger partial charge in [-0.05, 0) is 37.4 Å². The molecule has 0 bridgehead atoms. The van der Waals surface area contributed by atoms with Gasteiger partial charge in [0.15, 0.2) is 0 Å². The minimum absolute atomic E-state index is 0.196. The molecule has 0 aliphatic rings. The first-order chi connectivity index (χ1) is 9.54. The molecular formula is C16H18N2OS. The third kappa shape index (κ3) is 2.84. The number of aliphatic hydroxyl groups is 1. The summed E-state index contributed by atoms with van der Waals surface area (Å²) in [6.45, 7) is 3.87. The van der Waals surface area contributed by atoms with Gasteiger partial charge in [-0.25, -0.2) is 0 Å². The normalized spacial score (nSPS) is 13.6. The molecule has 2 aromatic rings. The van der Waals surface area contributed by atoms with Crippen molar-refractivity contribution in [2.45, 2.75) is 26.0 Å². The number of anilines is 1. The zero-order valence-electron chi connectivity index (χ0n) is 11.9. The van der Waals surface area contributed by atoms with Crippen molar-refractivity contribution in [2.24, 2.45) is 0 Å². The Morgan fingerprint density at radius 1 is 1.30 bits per heavy atom. The summed E-state index contributed by atoms with van der Waals surface area (Å²) in [4.78, 5) is 3.36. The molecule has 0 aliphatic heterocycles. The maximum absolute atomic E-state index is 9.92. The lowest BCUT2D eigenvalue weighted by atomic mass is 10.0. The number of aliphatic hydroxyl groups excluding tert-OH is 1. The van der Waals surface area contributed by atoms with Gasteiger partial charge in [0.25, 0.3) is 0 Å². The highest BCUT2D eigenvalue weighted by molar-refractivity contribution is 7.10. The number of rotatable bonds is 4. The van der Waals surface area contributed by atoms with E-state index in [1.54, 1.807) is 24.3 Å². The maximum atomic E-state index is 9.92. The average molecular weight is 286 g/mol. The van der Waals surface area contributed by atoms with Gasteiger partial charge in [-0.15, -0.1) is 11.3 Å². The van der Waals surface area contributed by atoms with Crippen molar-refractivity contribution in [1.29, 1.82) is 5.26 Å². The Balaban J connectivity index is 2.42. The molecule has 2 rings (SSSR count). The molecule has 0 amide bonds. The van der Waals surface area contributed by atoms with Crippen LogP contribution in [0.2, 0.25) is 0 Å². The largest absolute Gasteiger partial charge is 0.389 e. The summed E-state index contributed by atoms with van der Waals surface area (Å²) in [6.07, 6.45) is -0.560. The molecule has 104 valence electrons. The first-order valence-corrected chi connectivity index (χ1v) is 7.41. The quantitative estimate of drug-likeness (QED) is 0.928. The van der Waals surface area contributed by atoms with E-state index in [2.05, 4.69) is 29.3 Å². The first-order valence-electron chi connectivity index (χ1n) is 6.53. The topological polar surface area (TPSA) is 47.3 Å². The van der Waals surface area contributed by atoms with Gasteiger partial charge in [-0.2, -0.15) is 5.26 Å². The molecule has 1 aromatic carbocycles. The van der Waals surface area contributed by atoms with E-state index in [9.17, 15) is 5.11 Å². The monoisotopic (exact) mass is 286 g/mol. The van der Waals surface area contributed by atoms with E-state index >= 15 is 0 Å². The molecule has 0 aliphatic carbocycles. The summed E-state index contributed by atoms with van der Waals surface area (Å²) >= 11 is 1.71. The summed E-state index contributed by atoms with van der Waals surface area (Å²) in [6, 6.07) is 11.9. The number of hydrogen-bond donors (Lipinski definition) is 1. The number of hydrogen-bond acceptors (Lipinski definition) is 4. The predicted molar refractivity (Wildman–Crippen MR) is 82.9 cm³/mol. The van der Waals surface area contributed by atoms with Crippen LogP contribution in [0.25, 0.3) is 0 Å². The molecule has 3 nitrogen and oxygen atoms in total. The fourth-order valence-corrected chi connectivity index (χ4v) is 3.03. The standard InChI is InChI=1S/C16H18N2OS/c1-11(16-5-4-8-20-16)18(3)15-9-13(10-17)6-7-14(15)12(2)19/h4-9,11-12,19H,1-3H3. The second-order valence-electron chi connectivity index (χ2n) is 4.86. The summed E-state index contributed by atoms with van der Waals surface area (Å²) in [5, 5.41) is 21.0. The van der Waals surface area contributed by atoms with E-state index in [0.717, 1.165) is 11.3 Å². The number of nitriles is 1. The Morgan fingerprint density at radius 2 is 2.05 bits per heavy atom. The Bertz CT molecular complexity index is 614. The van der Waals surface area contributed by atoms with Crippen LogP contribution in [0, 0.1) is 11.3 Å². The van der Waals surface area contributed by atoms with E-state index in [4.69, 9.17) is 5.26 Å². The van der Waals surface area contributed by atoms with Crippen LogP contribution in [-0.2, 0) is 0 Å². The zero-order chi connectivity index (χ0) is 14.7. The van der Waals surface area contributed by atoms with E-state index in [1.165, 1.54) is 4.88 Å². The Labute approximate surface area is 123 Å². The van der Waals surface area contributed by atoms with Crippen molar-refractivity contribution in [1.82, 2.24) is 0 Å². The maximum Gasteiger partial charge on any atom is 0.0992 e. The summed E-state index contributed by atoms with van der Waals surface area (Å²) in [5.41, 5.74) is 2.35. The van der Waals surface area contributed by atoms with Gasteiger partial charge >= 0.3 is 0 Å². The highest BCUT2D eigenvalue weighted by Crippen LogP contribution is 2.33. The first kappa shape index (κ1) is 14.6. The molecule has 1 heterocycles. The highest BCUT2D eigenvalue weighted by atomic mass is 32.1. The summed E-state index contributed by atoms with van der Waals surface area (Å²) in [7, 11) is 1.99. The second kappa shape index (κ2) is 6.08. The van der Waals surface area contributed by atoms with Crippen molar-refractivity contribution >= 4 is 17.0 Å². The third-order valence-corrected chi connectivity index (χ3v) is 4.57. The van der Waals surface area contributed by atoms with Crippen LogP contribution in [-0.4, -0.2) is 12.2 Å². The number of benzene rings is 1. The van der Waals surface area contributed by atoms with Crippen LogP contribution in [0.4, 0.5) is 5.69 Å². The summed E-state index contributed by atoms with van der Waals surface area (Å²) in [5.74, 6) is 0. The molecule has 0 radical (unpaired) electrons. The molecule has 0 saturated heterocycles. The fraction of sp³-hybridized carbons (Fsp3) is 0.312. The molecule has 4 heteroatoms. The van der Waals surface area contributed by atoms with Crippen LogP contribution in [0.3, 0.4) is 0 Å². The van der Waals surface area contributed by atoms with Gasteiger partial charge in [0.05, 0.1) is 23.8 Å². The van der Waals surface area contributed by atoms with Gasteiger partial charge in [-0.3, -0.25) is 0 Å². The van der Waals surface area contributed by atoms with Gasteiger partial charge in [0.1, 0.15) is 0 Å².